The van der Waals surface area contributed by atoms with Crippen LogP contribution in [0, 0.1) is 6.92 Å². The Morgan fingerprint density at radius 2 is 2.14 bits per heavy atom. The molecular formula is C13H11N7O. The summed E-state index contributed by atoms with van der Waals surface area (Å²) in [6, 6.07) is 6.83. The van der Waals surface area contributed by atoms with Crippen molar-refractivity contribution in [1.82, 2.24) is 29.9 Å². The molecule has 0 fully saturated rings. The average Bonchev–Trinajstić information content (AvgIpc) is 3.01. The first kappa shape index (κ1) is 12.9. The third-order valence-corrected chi connectivity index (χ3v) is 2.69. The van der Waals surface area contributed by atoms with Gasteiger partial charge in [-0.15, -0.1) is 10.2 Å². The molecule has 0 aliphatic rings. The van der Waals surface area contributed by atoms with E-state index in [-0.39, 0.29) is 11.6 Å². The van der Waals surface area contributed by atoms with E-state index < -0.39 is 0 Å². The summed E-state index contributed by atoms with van der Waals surface area (Å²) in [4.78, 5) is 19.9. The van der Waals surface area contributed by atoms with Gasteiger partial charge in [-0.25, -0.2) is 14.6 Å². The molecule has 0 radical (unpaired) electrons. The number of rotatable bonds is 3. The van der Waals surface area contributed by atoms with Gasteiger partial charge in [0.15, 0.2) is 11.5 Å². The molecular weight excluding hydrogens is 270 g/mol. The Bertz CT molecular complexity index is 752. The maximum atomic E-state index is 12.0. The summed E-state index contributed by atoms with van der Waals surface area (Å²) in [5, 5.41) is 14.4. The monoisotopic (exact) mass is 281 g/mol. The van der Waals surface area contributed by atoms with Crippen LogP contribution >= 0.6 is 0 Å². The SMILES string of the molecule is Cc1ccnc(NC(=O)c2ccc(-n3cncn3)nn2)c1. The number of nitrogens with zero attached hydrogens (tertiary/aromatic N) is 6. The lowest BCUT2D eigenvalue weighted by Gasteiger charge is -2.04. The minimum atomic E-state index is -0.370. The zero-order valence-electron chi connectivity index (χ0n) is 11.1. The van der Waals surface area contributed by atoms with Gasteiger partial charge in [-0.05, 0) is 36.8 Å². The molecule has 0 spiro atoms. The number of nitrogens with one attached hydrogen (secondary N) is 1. The van der Waals surface area contributed by atoms with E-state index in [0.717, 1.165) is 5.56 Å². The van der Waals surface area contributed by atoms with Crippen molar-refractivity contribution in [3.8, 4) is 5.82 Å². The van der Waals surface area contributed by atoms with Crippen LogP contribution in [-0.2, 0) is 0 Å². The van der Waals surface area contributed by atoms with Crippen molar-refractivity contribution in [2.45, 2.75) is 6.92 Å². The van der Waals surface area contributed by atoms with Gasteiger partial charge in [0.1, 0.15) is 18.5 Å². The molecule has 3 aromatic heterocycles. The number of aromatic nitrogens is 6. The highest BCUT2D eigenvalue weighted by molar-refractivity contribution is 6.02. The third kappa shape index (κ3) is 2.89. The second-order valence-electron chi connectivity index (χ2n) is 4.29. The predicted molar refractivity (Wildman–Crippen MR) is 73.9 cm³/mol. The summed E-state index contributed by atoms with van der Waals surface area (Å²) in [5.41, 5.74) is 1.20. The second kappa shape index (κ2) is 5.45. The fraction of sp³-hybridized carbons (Fsp3) is 0.0769. The van der Waals surface area contributed by atoms with Crippen molar-refractivity contribution >= 4 is 11.7 Å². The lowest BCUT2D eigenvalue weighted by molar-refractivity contribution is 0.102. The van der Waals surface area contributed by atoms with E-state index in [1.165, 1.54) is 17.3 Å². The molecule has 3 heterocycles. The van der Waals surface area contributed by atoms with E-state index in [1.807, 2.05) is 13.0 Å². The Morgan fingerprint density at radius 3 is 2.81 bits per heavy atom. The van der Waals surface area contributed by atoms with Gasteiger partial charge in [0.05, 0.1) is 0 Å². The van der Waals surface area contributed by atoms with E-state index in [1.54, 1.807) is 24.4 Å². The highest BCUT2D eigenvalue weighted by atomic mass is 16.2. The zero-order valence-corrected chi connectivity index (χ0v) is 11.1. The number of aryl methyl sites for hydroxylation is 1. The van der Waals surface area contributed by atoms with Gasteiger partial charge in [0, 0.05) is 6.20 Å². The second-order valence-corrected chi connectivity index (χ2v) is 4.29. The van der Waals surface area contributed by atoms with Gasteiger partial charge in [-0.3, -0.25) is 4.79 Å². The Hall–Kier alpha value is -3.16. The zero-order chi connectivity index (χ0) is 14.7. The summed E-state index contributed by atoms with van der Waals surface area (Å²) in [6.45, 7) is 1.92. The number of anilines is 1. The topological polar surface area (TPSA) is 98.5 Å². The molecule has 1 N–H and O–H groups in total. The lowest BCUT2D eigenvalue weighted by Crippen LogP contribution is -2.15. The van der Waals surface area contributed by atoms with E-state index >= 15 is 0 Å². The van der Waals surface area contributed by atoms with E-state index in [2.05, 4.69) is 30.6 Å². The van der Waals surface area contributed by atoms with Gasteiger partial charge >= 0.3 is 0 Å². The molecule has 1 amide bonds. The van der Waals surface area contributed by atoms with Crippen molar-refractivity contribution in [3.05, 3.63) is 54.4 Å². The standard InChI is InChI=1S/C13H11N7O/c1-9-4-5-15-11(6-9)17-13(21)10-2-3-12(19-18-10)20-8-14-7-16-20/h2-8H,1H3,(H,15,17,21). The first-order chi connectivity index (χ1) is 10.2. The summed E-state index contributed by atoms with van der Waals surface area (Å²) in [6.07, 6.45) is 4.52. The summed E-state index contributed by atoms with van der Waals surface area (Å²) >= 11 is 0. The highest BCUT2D eigenvalue weighted by Crippen LogP contribution is 2.07. The average molecular weight is 281 g/mol. The van der Waals surface area contributed by atoms with Crippen molar-refractivity contribution in [1.29, 1.82) is 0 Å². The molecule has 104 valence electrons. The van der Waals surface area contributed by atoms with Gasteiger partial charge in [-0.1, -0.05) is 0 Å². The number of carbonyl (C=O) groups is 1. The van der Waals surface area contributed by atoms with Crippen LogP contribution in [0.3, 0.4) is 0 Å². The molecule has 0 unspecified atom stereocenters. The van der Waals surface area contributed by atoms with Crippen molar-refractivity contribution in [2.24, 2.45) is 0 Å². The summed E-state index contributed by atoms with van der Waals surface area (Å²) in [5.74, 6) is 0.589. The molecule has 0 saturated heterocycles. The maximum Gasteiger partial charge on any atom is 0.277 e. The van der Waals surface area contributed by atoms with Crippen LogP contribution in [0.5, 0.6) is 0 Å². The number of hydrogen-bond donors (Lipinski definition) is 1. The van der Waals surface area contributed by atoms with Crippen LogP contribution in [0.2, 0.25) is 0 Å². The highest BCUT2D eigenvalue weighted by Gasteiger charge is 2.10. The van der Waals surface area contributed by atoms with Crippen LogP contribution in [-0.4, -0.2) is 35.9 Å². The number of hydrogen-bond acceptors (Lipinski definition) is 6. The Labute approximate surface area is 119 Å². The third-order valence-electron chi connectivity index (χ3n) is 2.69. The Kier molecular flexibility index (Phi) is 3.34. The molecule has 0 aliphatic heterocycles. The fourth-order valence-electron chi connectivity index (χ4n) is 1.68. The van der Waals surface area contributed by atoms with E-state index in [4.69, 9.17) is 0 Å². The van der Waals surface area contributed by atoms with Crippen LogP contribution in [0.1, 0.15) is 16.1 Å². The van der Waals surface area contributed by atoms with Crippen molar-refractivity contribution < 1.29 is 4.79 Å². The molecule has 0 atom stereocenters. The van der Waals surface area contributed by atoms with Crippen LogP contribution in [0.4, 0.5) is 5.82 Å². The van der Waals surface area contributed by atoms with Gasteiger partial charge < -0.3 is 5.32 Å². The Balaban J connectivity index is 1.76. The largest absolute Gasteiger partial charge is 0.305 e. The summed E-state index contributed by atoms with van der Waals surface area (Å²) < 4.78 is 1.46. The van der Waals surface area contributed by atoms with Crippen molar-refractivity contribution in [2.75, 3.05) is 5.32 Å². The Morgan fingerprint density at radius 1 is 1.24 bits per heavy atom. The first-order valence-corrected chi connectivity index (χ1v) is 6.15. The molecule has 3 rings (SSSR count). The minimum absolute atomic E-state index is 0.196. The first-order valence-electron chi connectivity index (χ1n) is 6.15. The van der Waals surface area contributed by atoms with Crippen LogP contribution in [0.25, 0.3) is 5.82 Å². The predicted octanol–water partition coefficient (Wildman–Crippen LogP) is 1.01. The van der Waals surface area contributed by atoms with E-state index in [9.17, 15) is 4.79 Å². The van der Waals surface area contributed by atoms with Gasteiger partial charge in [0.25, 0.3) is 5.91 Å². The summed E-state index contributed by atoms with van der Waals surface area (Å²) in [7, 11) is 0. The molecule has 0 aliphatic carbocycles. The molecule has 8 nitrogen and oxygen atoms in total. The quantitative estimate of drug-likeness (QED) is 0.769. The molecule has 0 aromatic carbocycles. The molecule has 3 aromatic rings. The van der Waals surface area contributed by atoms with Gasteiger partial charge in [0.2, 0.25) is 0 Å². The molecule has 0 saturated carbocycles. The fourth-order valence-corrected chi connectivity index (χ4v) is 1.68. The molecule has 21 heavy (non-hydrogen) atoms. The van der Waals surface area contributed by atoms with E-state index in [0.29, 0.717) is 11.6 Å². The normalized spacial score (nSPS) is 10.3. The molecule has 8 heteroatoms. The number of pyridine rings is 1. The van der Waals surface area contributed by atoms with Crippen LogP contribution < -0.4 is 5.32 Å². The number of amides is 1. The lowest BCUT2D eigenvalue weighted by atomic mass is 10.3. The number of carbonyl (C=O) groups excluding carboxylic acids is 1. The van der Waals surface area contributed by atoms with Gasteiger partial charge in [-0.2, -0.15) is 5.10 Å². The molecule has 0 bridgehead atoms. The maximum absolute atomic E-state index is 12.0. The van der Waals surface area contributed by atoms with Crippen molar-refractivity contribution in [3.63, 3.8) is 0 Å². The smallest absolute Gasteiger partial charge is 0.277 e. The minimum Gasteiger partial charge on any atom is -0.305 e. The van der Waals surface area contributed by atoms with Crippen LogP contribution in [0.15, 0.2) is 43.1 Å².